The van der Waals surface area contributed by atoms with E-state index in [1.807, 2.05) is 17.5 Å². The Morgan fingerprint density at radius 1 is 1.04 bits per heavy atom. The lowest BCUT2D eigenvalue weighted by Gasteiger charge is -2.22. The normalized spacial score (nSPS) is 11.5. The first-order chi connectivity index (χ1) is 13.4. The third-order valence-electron chi connectivity index (χ3n) is 4.13. The average molecular weight is 418 g/mol. The molecule has 28 heavy (non-hydrogen) atoms. The highest BCUT2D eigenvalue weighted by Crippen LogP contribution is 2.30. The molecule has 0 N–H and O–H groups in total. The van der Waals surface area contributed by atoms with Crippen LogP contribution in [0.4, 0.5) is 5.69 Å². The van der Waals surface area contributed by atoms with E-state index in [2.05, 4.69) is 0 Å². The van der Waals surface area contributed by atoms with Crippen molar-refractivity contribution < 1.29 is 18.1 Å². The first-order valence-electron chi connectivity index (χ1n) is 8.31. The summed E-state index contributed by atoms with van der Waals surface area (Å²) in [6.07, 6.45) is 0. The molecule has 1 aromatic heterocycles. The van der Waals surface area contributed by atoms with Crippen LogP contribution in [0.1, 0.15) is 10.4 Å². The second-order valence-corrected chi connectivity index (χ2v) is 8.83. The maximum atomic E-state index is 13.4. The van der Waals surface area contributed by atoms with Crippen molar-refractivity contribution in [2.24, 2.45) is 0 Å². The quantitative estimate of drug-likeness (QED) is 0.407. The molecule has 7 nitrogen and oxygen atoms in total. The van der Waals surface area contributed by atoms with Gasteiger partial charge in [-0.1, -0.05) is 36.4 Å². The van der Waals surface area contributed by atoms with Gasteiger partial charge < -0.3 is 4.74 Å². The molecule has 3 rings (SSSR count). The number of sulfonamides is 1. The zero-order valence-electron chi connectivity index (χ0n) is 15.0. The lowest BCUT2D eigenvalue weighted by molar-refractivity contribution is -0.387. The number of nitro groups is 1. The number of methoxy groups -OCH3 is 1. The highest BCUT2D eigenvalue weighted by Gasteiger charge is 2.32. The van der Waals surface area contributed by atoms with E-state index < -0.39 is 20.6 Å². The molecular formula is C19H18N2O5S2. The highest BCUT2D eigenvalue weighted by atomic mass is 32.2. The smallest absolute Gasteiger partial charge is 0.289 e. The van der Waals surface area contributed by atoms with Crippen LogP contribution in [0, 0.1) is 10.1 Å². The SMILES string of the molecule is COc1ccccc1CN(Cc1cccs1)S(=O)(=O)c1ccccc1[N+](=O)[O-]. The fourth-order valence-electron chi connectivity index (χ4n) is 2.79. The lowest BCUT2D eigenvalue weighted by Crippen LogP contribution is -2.30. The molecule has 0 aliphatic carbocycles. The monoisotopic (exact) mass is 418 g/mol. The molecule has 0 bridgehead atoms. The van der Waals surface area contributed by atoms with E-state index >= 15 is 0 Å². The van der Waals surface area contributed by atoms with Gasteiger partial charge in [0.15, 0.2) is 4.90 Å². The molecule has 0 radical (unpaired) electrons. The Balaban J connectivity index is 2.07. The Hall–Kier alpha value is -2.75. The fraction of sp³-hybridized carbons (Fsp3) is 0.158. The third-order valence-corrected chi connectivity index (χ3v) is 6.83. The van der Waals surface area contributed by atoms with Gasteiger partial charge >= 0.3 is 0 Å². The van der Waals surface area contributed by atoms with Gasteiger partial charge in [0.2, 0.25) is 0 Å². The summed E-state index contributed by atoms with van der Waals surface area (Å²) in [5.74, 6) is 0.552. The summed E-state index contributed by atoms with van der Waals surface area (Å²) in [6.45, 7) is 0.125. The number of rotatable bonds is 8. The summed E-state index contributed by atoms with van der Waals surface area (Å²) in [7, 11) is -2.62. The van der Waals surface area contributed by atoms with Crippen molar-refractivity contribution in [2.45, 2.75) is 18.0 Å². The van der Waals surface area contributed by atoms with Crippen LogP contribution in [-0.2, 0) is 23.1 Å². The van der Waals surface area contributed by atoms with Crippen LogP contribution in [0.2, 0.25) is 0 Å². The fourth-order valence-corrected chi connectivity index (χ4v) is 5.15. The maximum absolute atomic E-state index is 13.4. The van der Waals surface area contributed by atoms with Crippen molar-refractivity contribution in [3.63, 3.8) is 0 Å². The molecule has 0 fully saturated rings. The molecule has 0 aliphatic rings. The number of nitro benzene ring substituents is 1. The molecule has 0 spiro atoms. The van der Waals surface area contributed by atoms with Crippen LogP contribution in [0.5, 0.6) is 5.75 Å². The van der Waals surface area contributed by atoms with Crippen molar-refractivity contribution >= 4 is 27.0 Å². The van der Waals surface area contributed by atoms with Gasteiger partial charge in [-0.15, -0.1) is 11.3 Å². The lowest BCUT2D eigenvalue weighted by atomic mass is 10.2. The minimum Gasteiger partial charge on any atom is -0.496 e. The summed E-state index contributed by atoms with van der Waals surface area (Å²) in [5.41, 5.74) is 0.224. The van der Waals surface area contributed by atoms with Crippen LogP contribution in [0.3, 0.4) is 0 Å². The van der Waals surface area contributed by atoms with Gasteiger partial charge in [0, 0.05) is 29.6 Å². The summed E-state index contributed by atoms with van der Waals surface area (Å²) >= 11 is 1.42. The number of benzene rings is 2. The molecule has 3 aromatic rings. The number of para-hydroxylation sites is 2. The zero-order chi connectivity index (χ0) is 20.1. The standard InChI is InChI=1S/C19H18N2O5S2/c1-26-18-10-4-2-7-15(18)13-20(14-16-8-6-12-27-16)28(24,25)19-11-5-3-9-17(19)21(22)23/h2-12H,13-14H2,1H3. The van der Waals surface area contributed by atoms with E-state index in [-0.39, 0.29) is 18.0 Å². The molecule has 0 atom stereocenters. The third kappa shape index (κ3) is 4.22. The van der Waals surface area contributed by atoms with Crippen molar-refractivity contribution in [3.05, 3.63) is 86.6 Å². The average Bonchev–Trinajstić information content (AvgIpc) is 3.21. The topological polar surface area (TPSA) is 89.8 Å². The van der Waals surface area contributed by atoms with Gasteiger partial charge in [0.25, 0.3) is 15.7 Å². The first kappa shape index (κ1) is 20.0. The molecule has 0 amide bonds. The van der Waals surface area contributed by atoms with E-state index in [1.165, 1.54) is 47.0 Å². The van der Waals surface area contributed by atoms with Gasteiger partial charge in [-0.05, 0) is 23.6 Å². The Kier molecular flexibility index (Phi) is 6.08. The summed E-state index contributed by atoms with van der Waals surface area (Å²) in [6, 6.07) is 16.1. The van der Waals surface area contributed by atoms with Crippen molar-refractivity contribution in [2.75, 3.05) is 7.11 Å². The molecule has 2 aromatic carbocycles. The number of thiophene rings is 1. The van der Waals surface area contributed by atoms with E-state index in [4.69, 9.17) is 4.74 Å². The molecule has 146 valence electrons. The molecule has 0 aliphatic heterocycles. The molecule has 1 heterocycles. The van der Waals surface area contributed by atoms with Crippen LogP contribution >= 0.6 is 11.3 Å². The Labute approximate surface area is 167 Å². The second kappa shape index (κ2) is 8.51. The van der Waals surface area contributed by atoms with Crippen molar-refractivity contribution in [1.82, 2.24) is 4.31 Å². The largest absolute Gasteiger partial charge is 0.496 e. The summed E-state index contributed by atoms with van der Waals surface area (Å²) < 4.78 is 33.3. The molecule has 0 saturated carbocycles. The number of hydrogen-bond acceptors (Lipinski definition) is 6. The van der Waals surface area contributed by atoms with E-state index in [0.29, 0.717) is 11.3 Å². The van der Waals surface area contributed by atoms with Gasteiger partial charge in [-0.3, -0.25) is 10.1 Å². The number of nitrogens with zero attached hydrogens (tertiary/aromatic N) is 2. The zero-order valence-corrected chi connectivity index (χ0v) is 16.7. The predicted molar refractivity (Wildman–Crippen MR) is 107 cm³/mol. The van der Waals surface area contributed by atoms with Crippen molar-refractivity contribution in [3.8, 4) is 5.75 Å². The van der Waals surface area contributed by atoms with E-state index in [0.717, 1.165) is 4.88 Å². The van der Waals surface area contributed by atoms with E-state index in [9.17, 15) is 18.5 Å². The minimum atomic E-state index is -4.13. The predicted octanol–water partition coefficient (Wildman–Crippen LogP) is 4.06. The molecule has 0 saturated heterocycles. The van der Waals surface area contributed by atoms with Crippen LogP contribution in [0.15, 0.2) is 70.9 Å². The summed E-state index contributed by atoms with van der Waals surface area (Å²) in [4.78, 5) is 11.2. The number of ether oxygens (including phenoxy) is 1. The van der Waals surface area contributed by atoms with Crippen LogP contribution < -0.4 is 4.74 Å². The highest BCUT2D eigenvalue weighted by molar-refractivity contribution is 7.89. The van der Waals surface area contributed by atoms with Crippen molar-refractivity contribution in [1.29, 1.82) is 0 Å². The van der Waals surface area contributed by atoms with Gasteiger partial charge in [0.1, 0.15) is 5.75 Å². The number of hydrogen-bond donors (Lipinski definition) is 0. The molecular weight excluding hydrogens is 400 g/mol. The first-order valence-corrected chi connectivity index (χ1v) is 10.6. The molecule has 0 unspecified atom stereocenters. The summed E-state index contributed by atoms with van der Waals surface area (Å²) in [5, 5.41) is 13.2. The van der Waals surface area contributed by atoms with Crippen LogP contribution in [-0.4, -0.2) is 24.8 Å². The maximum Gasteiger partial charge on any atom is 0.289 e. The van der Waals surface area contributed by atoms with Gasteiger partial charge in [0.05, 0.1) is 12.0 Å². The van der Waals surface area contributed by atoms with Crippen LogP contribution in [0.25, 0.3) is 0 Å². The Morgan fingerprint density at radius 3 is 2.43 bits per heavy atom. The van der Waals surface area contributed by atoms with E-state index in [1.54, 1.807) is 24.3 Å². The van der Waals surface area contributed by atoms with Gasteiger partial charge in [-0.25, -0.2) is 8.42 Å². The molecule has 9 heteroatoms. The second-order valence-electron chi connectivity index (χ2n) is 5.89. The van der Waals surface area contributed by atoms with Gasteiger partial charge in [-0.2, -0.15) is 4.31 Å². The minimum absolute atomic E-state index is 0.0241. The Morgan fingerprint density at radius 2 is 1.75 bits per heavy atom. The Bertz CT molecular complexity index is 1070.